The maximum Gasteiger partial charge on any atom is 0.255 e. The highest BCUT2D eigenvalue weighted by Gasteiger charge is 2.05. The fourth-order valence-corrected chi connectivity index (χ4v) is 1.92. The number of aromatic nitrogens is 2. The van der Waals surface area contributed by atoms with Gasteiger partial charge < -0.3 is 0 Å². The molecule has 1 heterocycles. The topological polar surface area (TPSA) is 58.7 Å². The van der Waals surface area contributed by atoms with Gasteiger partial charge in [0.15, 0.2) is 0 Å². The molecule has 2 aromatic rings. The van der Waals surface area contributed by atoms with Crippen LogP contribution in [0.2, 0.25) is 5.15 Å². The van der Waals surface area contributed by atoms with Crippen molar-refractivity contribution in [3.8, 4) is 6.07 Å². The van der Waals surface area contributed by atoms with E-state index in [-0.39, 0.29) is 10.7 Å². The molecule has 1 aromatic heterocycles. The van der Waals surface area contributed by atoms with Gasteiger partial charge in [-0.2, -0.15) is 5.26 Å². The first-order chi connectivity index (χ1) is 8.60. The Balaban J connectivity index is 2.41. The third-order valence-corrected chi connectivity index (χ3v) is 2.76. The van der Waals surface area contributed by atoms with Gasteiger partial charge in [0.2, 0.25) is 0 Å². The Morgan fingerprint density at radius 3 is 2.89 bits per heavy atom. The average Bonchev–Trinajstić information content (AvgIpc) is 2.34. The van der Waals surface area contributed by atoms with Crippen LogP contribution in [0.15, 0.2) is 35.1 Å². The van der Waals surface area contributed by atoms with Crippen LogP contribution in [0.4, 0.5) is 0 Å². The SMILES string of the molecule is Cc1nc(Cl)cc(=O)n1Cc1cccc(C#N)c1. The first-order valence-electron chi connectivity index (χ1n) is 5.33. The van der Waals surface area contributed by atoms with E-state index in [9.17, 15) is 4.79 Å². The van der Waals surface area contributed by atoms with Crippen molar-refractivity contribution in [3.63, 3.8) is 0 Å². The Bertz CT molecular complexity index is 685. The molecule has 0 N–H and O–H groups in total. The fourth-order valence-electron chi connectivity index (χ4n) is 1.70. The molecule has 5 heteroatoms. The summed E-state index contributed by atoms with van der Waals surface area (Å²) < 4.78 is 1.52. The fraction of sp³-hybridized carbons (Fsp3) is 0.154. The second-order valence-electron chi connectivity index (χ2n) is 3.86. The molecule has 0 aliphatic carbocycles. The Labute approximate surface area is 109 Å². The number of nitrogens with zero attached hydrogens (tertiary/aromatic N) is 3. The zero-order valence-corrected chi connectivity index (χ0v) is 10.5. The summed E-state index contributed by atoms with van der Waals surface area (Å²) in [6.45, 7) is 2.10. The number of hydrogen-bond acceptors (Lipinski definition) is 3. The molecule has 0 unspecified atom stereocenters. The molecular formula is C13H10ClN3O. The summed E-state index contributed by atoms with van der Waals surface area (Å²) in [5.41, 5.74) is 1.25. The van der Waals surface area contributed by atoms with Gasteiger partial charge in [0, 0.05) is 6.07 Å². The summed E-state index contributed by atoms with van der Waals surface area (Å²) in [4.78, 5) is 15.8. The molecule has 0 bridgehead atoms. The number of nitriles is 1. The highest BCUT2D eigenvalue weighted by molar-refractivity contribution is 6.29. The van der Waals surface area contributed by atoms with E-state index in [1.165, 1.54) is 10.6 Å². The van der Waals surface area contributed by atoms with Gasteiger partial charge in [0.05, 0.1) is 18.2 Å². The first-order valence-corrected chi connectivity index (χ1v) is 5.71. The molecular weight excluding hydrogens is 250 g/mol. The zero-order valence-electron chi connectivity index (χ0n) is 9.72. The standard InChI is InChI=1S/C13H10ClN3O/c1-9-16-12(14)6-13(18)17(9)8-11-4-2-3-10(5-11)7-15/h2-6H,8H2,1H3. The van der Waals surface area contributed by atoms with Crippen LogP contribution in [-0.4, -0.2) is 9.55 Å². The monoisotopic (exact) mass is 259 g/mol. The highest BCUT2D eigenvalue weighted by atomic mass is 35.5. The van der Waals surface area contributed by atoms with E-state index in [4.69, 9.17) is 16.9 Å². The lowest BCUT2D eigenvalue weighted by Crippen LogP contribution is -2.23. The lowest BCUT2D eigenvalue weighted by molar-refractivity contribution is 0.700. The summed E-state index contributed by atoms with van der Waals surface area (Å²) in [5.74, 6) is 0.551. The van der Waals surface area contributed by atoms with Crippen molar-refractivity contribution < 1.29 is 0 Å². The molecule has 1 aromatic carbocycles. The van der Waals surface area contributed by atoms with Crippen molar-refractivity contribution in [1.29, 1.82) is 5.26 Å². The first kappa shape index (κ1) is 12.3. The van der Waals surface area contributed by atoms with Crippen LogP contribution in [-0.2, 0) is 6.54 Å². The van der Waals surface area contributed by atoms with E-state index in [1.807, 2.05) is 6.07 Å². The van der Waals surface area contributed by atoms with Crippen LogP contribution in [0, 0.1) is 18.3 Å². The highest BCUT2D eigenvalue weighted by Crippen LogP contribution is 2.07. The molecule has 0 saturated carbocycles. The molecule has 18 heavy (non-hydrogen) atoms. The molecule has 0 spiro atoms. The zero-order chi connectivity index (χ0) is 13.1. The third-order valence-electron chi connectivity index (χ3n) is 2.56. The molecule has 0 saturated heterocycles. The van der Waals surface area contributed by atoms with Gasteiger partial charge in [-0.15, -0.1) is 0 Å². The Hall–Kier alpha value is -2.12. The minimum Gasteiger partial charge on any atom is -0.292 e. The molecule has 90 valence electrons. The number of halogens is 1. The predicted molar refractivity (Wildman–Crippen MR) is 68.5 cm³/mol. The second-order valence-corrected chi connectivity index (χ2v) is 4.25. The van der Waals surface area contributed by atoms with Crippen LogP contribution >= 0.6 is 11.6 Å². The summed E-state index contributed by atoms with van der Waals surface area (Å²) in [6, 6.07) is 10.5. The Morgan fingerprint density at radius 2 is 2.22 bits per heavy atom. The number of benzene rings is 1. The molecule has 2 rings (SSSR count). The second kappa shape index (κ2) is 5.03. The van der Waals surface area contributed by atoms with E-state index >= 15 is 0 Å². The van der Waals surface area contributed by atoms with Crippen molar-refractivity contribution >= 4 is 11.6 Å². The van der Waals surface area contributed by atoms with Crippen molar-refractivity contribution in [2.75, 3.05) is 0 Å². The molecule has 0 atom stereocenters. The lowest BCUT2D eigenvalue weighted by Gasteiger charge is -2.09. The number of hydrogen-bond donors (Lipinski definition) is 0. The van der Waals surface area contributed by atoms with Crippen molar-refractivity contribution in [1.82, 2.24) is 9.55 Å². The molecule has 0 amide bonds. The third kappa shape index (κ3) is 2.58. The minimum atomic E-state index is -0.199. The van der Waals surface area contributed by atoms with Gasteiger partial charge >= 0.3 is 0 Å². The van der Waals surface area contributed by atoms with E-state index in [0.29, 0.717) is 17.9 Å². The van der Waals surface area contributed by atoms with Crippen molar-refractivity contribution in [2.24, 2.45) is 0 Å². The van der Waals surface area contributed by atoms with E-state index in [0.717, 1.165) is 5.56 Å². The summed E-state index contributed by atoms with van der Waals surface area (Å²) in [7, 11) is 0. The van der Waals surface area contributed by atoms with Crippen LogP contribution in [0.3, 0.4) is 0 Å². The smallest absolute Gasteiger partial charge is 0.255 e. The molecule has 4 nitrogen and oxygen atoms in total. The van der Waals surface area contributed by atoms with Gasteiger partial charge in [0.25, 0.3) is 5.56 Å². The van der Waals surface area contributed by atoms with Gasteiger partial charge in [-0.05, 0) is 24.6 Å². The maximum atomic E-state index is 11.8. The molecule has 0 aliphatic rings. The van der Waals surface area contributed by atoms with Gasteiger partial charge in [0.1, 0.15) is 11.0 Å². The normalized spacial score (nSPS) is 10.1. The van der Waals surface area contributed by atoms with Crippen LogP contribution in [0.25, 0.3) is 0 Å². The largest absolute Gasteiger partial charge is 0.292 e. The van der Waals surface area contributed by atoms with Gasteiger partial charge in [-0.25, -0.2) is 4.98 Å². The maximum absolute atomic E-state index is 11.8. The Morgan fingerprint density at radius 1 is 1.44 bits per heavy atom. The van der Waals surface area contributed by atoms with E-state index < -0.39 is 0 Å². The molecule has 0 aliphatic heterocycles. The van der Waals surface area contributed by atoms with Crippen molar-refractivity contribution in [3.05, 3.63) is 62.8 Å². The average molecular weight is 260 g/mol. The Kier molecular flexibility index (Phi) is 3.45. The van der Waals surface area contributed by atoms with Crippen LogP contribution in [0.1, 0.15) is 17.0 Å². The minimum absolute atomic E-state index is 0.194. The van der Waals surface area contributed by atoms with Crippen LogP contribution in [0.5, 0.6) is 0 Å². The number of aryl methyl sites for hydroxylation is 1. The quantitative estimate of drug-likeness (QED) is 0.777. The van der Waals surface area contributed by atoms with E-state index in [2.05, 4.69) is 11.1 Å². The molecule has 0 radical (unpaired) electrons. The predicted octanol–water partition coefficient (Wildman–Crippen LogP) is 2.13. The summed E-state index contributed by atoms with van der Waals surface area (Å²) in [5, 5.41) is 9.02. The van der Waals surface area contributed by atoms with Crippen molar-refractivity contribution in [2.45, 2.75) is 13.5 Å². The van der Waals surface area contributed by atoms with Gasteiger partial charge in [-0.1, -0.05) is 23.7 Å². The summed E-state index contributed by atoms with van der Waals surface area (Å²) >= 11 is 5.71. The molecule has 0 fully saturated rings. The lowest BCUT2D eigenvalue weighted by atomic mass is 10.1. The van der Waals surface area contributed by atoms with Gasteiger partial charge in [-0.3, -0.25) is 9.36 Å². The number of rotatable bonds is 2. The summed E-state index contributed by atoms with van der Waals surface area (Å²) in [6.07, 6.45) is 0. The van der Waals surface area contributed by atoms with Crippen LogP contribution < -0.4 is 5.56 Å². The van der Waals surface area contributed by atoms with E-state index in [1.54, 1.807) is 25.1 Å².